The molecule has 2 aromatic rings. The molecule has 0 fully saturated rings. The molecule has 0 radical (unpaired) electrons. The number of nitrogens with zero attached hydrogens (tertiary/aromatic N) is 2. The number of nitrogens with one attached hydrogen (secondary N) is 2. The molecule has 0 aromatic heterocycles. The second kappa shape index (κ2) is 10.2. The van der Waals surface area contributed by atoms with Crippen molar-refractivity contribution in [1.82, 2.24) is 15.5 Å². The van der Waals surface area contributed by atoms with Gasteiger partial charge in [-0.1, -0.05) is 24.3 Å². The number of hydrogen-bond acceptors (Lipinski definition) is 3. The molecule has 0 aliphatic heterocycles. The van der Waals surface area contributed by atoms with Gasteiger partial charge in [-0.05, 0) is 42.3 Å². The monoisotopic (exact) mass is 368 g/mol. The van der Waals surface area contributed by atoms with Crippen molar-refractivity contribution in [2.75, 3.05) is 34.3 Å². The Morgan fingerprint density at radius 1 is 1.07 bits per heavy atom. The van der Waals surface area contributed by atoms with E-state index in [1.807, 2.05) is 19.2 Å². The minimum atomic E-state index is -0.109. The molecule has 0 heterocycles. The Kier molecular flexibility index (Phi) is 7.67. The molecule has 0 bridgehead atoms. The first-order valence-electron chi connectivity index (χ1n) is 8.93. The van der Waals surface area contributed by atoms with Gasteiger partial charge < -0.3 is 20.3 Å². The number of carbonyl (C=O) groups excluding carboxylic acids is 1. The van der Waals surface area contributed by atoms with E-state index >= 15 is 0 Å². The van der Waals surface area contributed by atoms with Crippen LogP contribution in [0.2, 0.25) is 0 Å². The number of guanidine groups is 1. The minimum absolute atomic E-state index is 0.109. The molecule has 0 atom stereocenters. The zero-order valence-electron chi connectivity index (χ0n) is 16.5. The van der Waals surface area contributed by atoms with E-state index in [9.17, 15) is 4.79 Å². The predicted molar refractivity (Wildman–Crippen MR) is 109 cm³/mol. The van der Waals surface area contributed by atoms with Crippen molar-refractivity contribution in [3.63, 3.8) is 0 Å². The topological polar surface area (TPSA) is 66.0 Å². The molecule has 2 rings (SSSR count). The summed E-state index contributed by atoms with van der Waals surface area (Å²) in [6.45, 7) is 3.97. The lowest BCUT2D eigenvalue weighted by molar-refractivity contribution is 0.0954. The standard InChI is InChI=1S/C21H28N4O2/c1-16-7-5-6-8-18(16)15-25(3)21(22-2)24-14-13-23-20(26)17-9-11-19(27-4)12-10-17/h5-12H,13-15H2,1-4H3,(H,22,24)(H,23,26). The van der Waals surface area contributed by atoms with Crippen LogP contribution in [0.1, 0.15) is 21.5 Å². The SMILES string of the molecule is CN=C(NCCNC(=O)c1ccc(OC)cc1)N(C)Cc1ccccc1C. The van der Waals surface area contributed by atoms with Crippen molar-refractivity contribution < 1.29 is 9.53 Å². The van der Waals surface area contributed by atoms with Gasteiger partial charge in [0.2, 0.25) is 0 Å². The fourth-order valence-corrected chi connectivity index (χ4v) is 2.70. The lowest BCUT2D eigenvalue weighted by atomic mass is 10.1. The maximum atomic E-state index is 12.2. The summed E-state index contributed by atoms with van der Waals surface area (Å²) in [5.74, 6) is 1.41. The Labute approximate surface area is 161 Å². The van der Waals surface area contributed by atoms with E-state index in [1.165, 1.54) is 11.1 Å². The van der Waals surface area contributed by atoms with Crippen LogP contribution in [0.4, 0.5) is 0 Å². The maximum Gasteiger partial charge on any atom is 0.251 e. The van der Waals surface area contributed by atoms with Crippen molar-refractivity contribution in [3.8, 4) is 5.75 Å². The molecule has 144 valence electrons. The van der Waals surface area contributed by atoms with E-state index in [1.54, 1.807) is 38.4 Å². The van der Waals surface area contributed by atoms with Gasteiger partial charge >= 0.3 is 0 Å². The van der Waals surface area contributed by atoms with Crippen LogP contribution in [0.5, 0.6) is 5.75 Å². The van der Waals surface area contributed by atoms with Gasteiger partial charge in [0.1, 0.15) is 5.75 Å². The normalized spacial score (nSPS) is 11.0. The third-order valence-electron chi connectivity index (χ3n) is 4.29. The van der Waals surface area contributed by atoms with Crippen molar-refractivity contribution in [2.24, 2.45) is 4.99 Å². The average Bonchev–Trinajstić information content (AvgIpc) is 2.69. The Balaban J connectivity index is 1.78. The third kappa shape index (κ3) is 6.02. The molecule has 0 saturated heterocycles. The lowest BCUT2D eigenvalue weighted by Gasteiger charge is -2.23. The molecular formula is C21H28N4O2. The van der Waals surface area contributed by atoms with Gasteiger partial charge in [0, 0.05) is 39.3 Å². The van der Waals surface area contributed by atoms with Crippen molar-refractivity contribution in [3.05, 3.63) is 65.2 Å². The van der Waals surface area contributed by atoms with Gasteiger partial charge in [0.15, 0.2) is 5.96 Å². The van der Waals surface area contributed by atoms with Crippen LogP contribution in [0.15, 0.2) is 53.5 Å². The highest BCUT2D eigenvalue weighted by molar-refractivity contribution is 5.94. The van der Waals surface area contributed by atoms with E-state index in [4.69, 9.17) is 4.74 Å². The van der Waals surface area contributed by atoms with E-state index in [0.717, 1.165) is 18.3 Å². The second-order valence-electron chi connectivity index (χ2n) is 6.24. The van der Waals surface area contributed by atoms with Gasteiger partial charge in [-0.3, -0.25) is 9.79 Å². The number of aliphatic imine (C=N–C) groups is 1. The Hall–Kier alpha value is -3.02. The Morgan fingerprint density at radius 2 is 1.74 bits per heavy atom. The molecule has 27 heavy (non-hydrogen) atoms. The van der Waals surface area contributed by atoms with E-state index in [-0.39, 0.29) is 5.91 Å². The van der Waals surface area contributed by atoms with Gasteiger partial charge in [-0.25, -0.2) is 0 Å². The van der Waals surface area contributed by atoms with Gasteiger partial charge in [-0.2, -0.15) is 0 Å². The summed E-state index contributed by atoms with van der Waals surface area (Å²) >= 11 is 0. The minimum Gasteiger partial charge on any atom is -0.497 e. The summed E-state index contributed by atoms with van der Waals surface area (Å²) in [5.41, 5.74) is 3.12. The van der Waals surface area contributed by atoms with E-state index in [2.05, 4.69) is 39.6 Å². The molecule has 0 saturated carbocycles. The summed E-state index contributed by atoms with van der Waals surface area (Å²) < 4.78 is 5.10. The second-order valence-corrected chi connectivity index (χ2v) is 6.24. The summed E-state index contributed by atoms with van der Waals surface area (Å²) in [7, 11) is 5.36. The Bertz CT molecular complexity index is 772. The number of hydrogen-bond donors (Lipinski definition) is 2. The van der Waals surface area contributed by atoms with Gasteiger partial charge in [-0.15, -0.1) is 0 Å². The fourth-order valence-electron chi connectivity index (χ4n) is 2.70. The summed E-state index contributed by atoms with van der Waals surface area (Å²) in [4.78, 5) is 18.5. The first-order chi connectivity index (χ1) is 13.0. The maximum absolute atomic E-state index is 12.2. The van der Waals surface area contributed by atoms with Gasteiger partial charge in [0.05, 0.1) is 7.11 Å². The third-order valence-corrected chi connectivity index (χ3v) is 4.29. The highest BCUT2D eigenvalue weighted by Crippen LogP contribution is 2.11. The quantitative estimate of drug-likeness (QED) is 0.448. The fraction of sp³-hybridized carbons (Fsp3) is 0.333. The zero-order valence-corrected chi connectivity index (χ0v) is 16.5. The van der Waals surface area contributed by atoms with Crippen LogP contribution >= 0.6 is 0 Å². The molecule has 6 nitrogen and oxygen atoms in total. The molecule has 0 aliphatic carbocycles. The van der Waals surface area contributed by atoms with Crippen molar-refractivity contribution in [2.45, 2.75) is 13.5 Å². The molecule has 6 heteroatoms. The number of ether oxygens (including phenoxy) is 1. The van der Waals surface area contributed by atoms with Crippen LogP contribution in [0.3, 0.4) is 0 Å². The van der Waals surface area contributed by atoms with Crippen LogP contribution in [0, 0.1) is 6.92 Å². The van der Waals surface area contributed by atoms with Crippen LogP contribution < -0.4 is 15.4 Å². The highest BCUT2D eigenvalue weighted by Gasteiger charge is 2.08. The smallest absolute Gasteiger partial charge is 0.251 e. The van der Waals surface area contributed by atoms with E-state index in [0.29, 0.717) is 18.7 Å². The number of carbonyl (C=O) groups is 1. The molecule has 0 aliphatic rings. The van der Waals surface area contributed by atoms with Crippen LogP contribution in [-0.4, -0.2) is 51.1 Å². The number of amides is 1. The molecule has 0 unspecified atom stereocenters. The molecule has 2 N–H and O–H groups in total. The zero-order chi connectivity index (χ0) is 19.6. The Morgan fingerprint density at radius 3 is 2.37 bits per heavy atom. The number of benzene rings is 2. The number of aryl methyl sites for hydroxylation is 1. The molecular weight excluding hydrogens is 340 g/mol. The summed E-state index contributed by atoms with van der Waals surface area (Å²) in [5, 5.41) is 6.17. The van der Waals surface area contributed by atoms with Crippen molar-refractivity contribution >= 4 is 11.9 Å². The van der Waals surface area contributed by atoms with Crippen LogP contribution in [-0.2, 0) is 6.54 Å². The average molecular weight is 368 g/mol. The molecule has 1 amide bonds. The lowest BCUT2D eigenvalue weighted by Crippen LogP contribution is -2.42. The number of rotatable bonds is 7. The first-order valence-corrected chi connectivity index (χ1v) is 8.93. The van der Waals surface area contributed by atoms with Crippen molar-refractivity contribution in [1.29, 1.82) is 0 Å². The van der Waals surface area contributed by atoms with Crippen LogP contribution in [0.25, 0.3) is 0 Å². The van der Waals surface area contributed by atoms with Gasteiger partial charge in [0.25, 0.3) is 5.91 Å². The van der Waals surface area contributed by atoms with E-state index < -0.39 is 0 Å². The number of methoxy groups -OCH3 is 1. The molecule has 0 spiro atoms. The molecule has 2 aromatic carbocycles. The largest absolute Gasteiger partial charge is 0.497 e. The summed E-state index contributed by atoms with van der Waals surface area (Å²) in [6, 6.07) is 15.3. The highest BCUT2D eigenvalue weighted by atomic mass is 16.5. The predicted octanol–water partition coefficient (Wildman–Crippen LogP) is 2.44. The first kappa shape index (κ1) is 20.3. The summed E-state index contributed by atoms with van der Waals surface area (Å²) in [6.07, 6.45) is 0.